The van der Waals surface area contributed by atoms with Crippen LogP contribution in [0.2, 0.25) is 0 Å². The minimum absolute atomic E-state index is 0.486. The molecule has 1 N–H and O–H groups in total. The molecule has 0 saturated heterocycles. The van der Waals surface area contributed by atoms with Crippen LogP contribution in [0.15, 0.2) is 24.3 Å². The molecular formula is C14H18O2. The highest BCUT2D eigenvalue weighted by Gasteiger charge is 2.56. The average Bonchev–Trinajstić information content (AvgIpc) is 2.38. The summed E-state index contributed by atoms with van der Waals surface area (Å²) in [6.07, 6.45) is 4.86. The van der Waals surface area contributed by atoms with Gasteiger partial charge in [-0.2, -0.15) is 0 Å². The standard InChI is InChI=1S/C14H18O2/c1-16-13-7-5-10(6-8-13)14(15)11-3-2-4-12(14)9-11/h5-8,11-12,15H,2-4,9H2,1H3/t11-,12+,14?. The molecule has 2 nitrogen and oxygen atoms in total. The lowest BCUT2D eigenvalue weighted by Gasteiger charge is -2.56. The molecule has 2 saturated carbocycles. The largest absolute Gasteiger partial charge is 0.497 e. The predicted octanol–water partition coefficient (Wildman–Crippen LogP) is 2.70. The van der Waals surface area contributed by atoms with Crippen LogP contribution in [0.1, 0.15) is 31.2 Å². The van der Waals surface area contributed by atoms with Gasteiger partial charge >= 0.3 is 0 Å². The first-order chi connectivity index (χ1) is 7.75. The Morgan fingerprint density at radius 3 is 2.31 bits per heavy atom. The fourth-order valence-electron chi connectivity index (χ4n) is 3.49. The molecule has 0 amide bonds. The normalized spacial score (nSPS) is 36.6. The van der Waals surface area contributed by atoms with E-state index in [1.807, 2.05) is 24.3 Å². The molecule has 0 radical (unpaired) electrons. The van der Waals surface area contributed by atoms with E-state index in [9.17, 15) is 5.11 Å². The zero-order chi connectivity index (χ0) is 11.2. The van der Waals surface area contributed by atoms with E-state index in [1.54, 1.807) is 7.11 Å². The van der Waals surface area contributed by atoms with Crippen molar-refractivity contribution in [3.8, 4) is 5.75 Å². The van der Waals surface area contributed by atoms with Crippen molar-refractivity contribution in [3.63, 3.8) is 0 Å². The average molecular weight is 218 g/mol. The van der Waals surface area contributed by atoms with Crippen LogP contribution in [0.4, 0.5) is 0 Å². The molecule has 0 heterocycles. The van der Waals surface area contributed by atoms with Gasteiger partial charge in [-0.05, 0) is 48.8 Å². The second kappa shape index (κ2) is 3.49. The van der Waals surface area contributed by atoms with E-state index < -0.39 is 5.60 Å². The number of methoxy groups -OCH3 is 1. The van der Waals surface area contributed by atoms with E-state index in [0.717, 1.165) is 11.3 Å². The first-order valence-corrected chi connectivity index (χ1v) is 6.12. The van der Waals surface area contributed by atoms with Gasteiger partial charge in [0.25, 0.3) is 0 Å². The van der Waals surface area contributed by atoms with Crippen molar-refractivity contribution in [3.05, 3.63) is 29.8 Å². The number of aliphatic hydroxyl groups is 1. The van der Waals surface area contributed by atoms with Crippen LogP contribution in [-0.4, -0.2) is 12.2 Å². The van der Waals surface area contributed by atoms with Crippen LogP contribution < -0.4 is 4.74 Å². The topological polar surface area (TPSA) is 29.5 Å². The lowest BCUT2D eigenvalue weighted by molar-refractivity contribution is -0.185. The molecule has 86 valence electrons. The van der Waals surface area contributed by atoms with Gasteiger partial charge in [-0.15, -0.1) is 0 Å². The van der Waals surface area contributed by atoms with Gasteiger partial charge in [0.15, 0.2) is 0 Å². The maximum Gasteiger partial charge on any atom is 0.118 e. The third kappa shape index (κ3) is 1.23. The molecule has 3 atom stereocenters. The second-order valence-corrected chi connectivity index (χ2v) is 5.11. The number of benzene rings is 1. The molecule has 0 aliphatic heterocycles. The molecule has 0 aromatic heterocycles. The summed E-state index contributed by atoms with van der Waals surface area (Å²) in [6.45, 7) is 0. The molecule has 1 aromatic carbocycles. The van der Waals surface area contributed by atoms with Crippen molar-refractivity contribution in [2.24, 2.45) is 11.8 Å². The Bertz CT molecular complexity index is 368. The maximum absolute atomic E-state index is 10.8. The smallest absolute Gasteiger partial charge is 0.118 e. The zero-order valence-electron chi connectivity index (χ0n) is 9.65. The third-order valence-electron chi connectivity index (χ3n) is 4.47. The van der Waals surface area contributed by atoms with Crippen LogP contribution in [0, 0.1) is 11.8 Å². The summed E-state index contributed by atoms with van der Waals surface area (Å²) in [5.41, 5.74) is 0.541. The molecule has 0 spiro atoms. The van der Waals surface area contributed by atoms with E-state index in [2.05, 4.69) is 0 Å². The SMILES string of the molecule is COc1ccc(C2(O)[C@@H]3CCC[C@H]2C3)cc1. The Labute approximate surface area is 96.2 Å². The predicted molar refractivity (Wildman–Crippen MR) is 62.3 cm³/mol. The van der Waals surface area contributed by atoms with Crippen LogP contribution in [-0.2, 0) is 5.60 Å². The first-order valence-electron chi connectivity index (χ1n) is 6.12. The van der Waals surface area contributed by atoms with Crippen LogP contribution in [0.5, 0.6) is 5.75 Å². The molecule has 1 unspecified atom stereocenters. The Morgan fingerprint density at radius 2 is 1.81 bits per heavy atom. The molecule has 2 heteroatoms. The van der Waals surface area contributed by atoms with Crippen LogP contribution in [0.25, 0.3) is 0 Å². The van der Waals surface area contributed by atoms with E-state index in [1.165, 1.54) is 25.7 Å². The van der Waals surface area contributed by atoms with Crippen LogP contribution >= 0.6 is 0 Å². The quantitative estimate of drug-likeness (QED) is 0.827. The molecule has 2 aliphatic rings. The maximum atomic E-state index is 10.8. The van der Waals surface area contributed by atoms with Gasteiger partial charge < -0.3 is 9.84 Å². The number of fused-ring (bicyclic) bond motifs is 2. The summed E-state index contributed by atoms with van der Waals surface area (Å²) < 4.78 is 5.15. The van der Waals surface area contributed by atoms with Crippen molar-refractivity contribution in [1.82, 2.24) is 0 Å². The fraction of sp³-hybridized carbons (Fsp3) is 0.571. The van der Waals surface area contributed by atoms with Gasteiger partial charge in [0.1, 0.15) is 5.75 Å². The molecular weight excluding hydrogens is 200 g/mol. The zero-order valence-corrected chi connectivity index (χ0v) is 9.65. The molecule has 1 aromatic rings. The number of hydrogen-bond donors (Lipinski definition) is 1. The molecule has 2 bridgehead atoms. The van der Waals surface area contributed by atoms with Crippen molar-refractivity contribution in [2.75, 3.05) is 7.11 Å². The van der Waals surface area contributed by atoms with Crippen molar-refractivity contribution in [1.29, 1.82) is 0 Å². The fourth-order valence-corrected chi connectivity index (χ4v) is 3.49. The Hall–Kier alpha value is -1.02. The van der Waals surface area contributed by atoms with Gasteiger partial charge in [0.2, 0.25) is 0 Å². The highest BCUT2D eigenvalue weighted by Crippen LogP contribution is 2.58. The van der Waals surface area contributed by atoms with Crippen molar-refractivity contribution < 1.29 is 9.84 Å². The molecule has 2 aliphatic carbocycles. The van der Waals surface area contributed by atoms with Gasteiger partial charge in [0, 0.05) is 0 Å². The van der Waals surface area contributed by atoms with Crippen molar-refractivity contribution in [2.45, 2.75) is 31.3 Å². The third-order valence-corrected chi connectivity index (χ3v) is 4.47. The van der Waals surface area contributed by atoms with Gasteiger partial charge in [-0.25, -0.2) is 0 Å². The summed E-state index contributed by atoms with van der Waals surface area (Å²) in [4.78, 5) is 0. The molecule has 3 rings (SSSR count). The highest BCUT2D eigenvalue weighted by atomic mass is 16.5. The van der Waals surface area contributed by atoms with Gasteiger partial charge in [-0.3, -0.25) is 0 Å². The summed E-state index contributed by atoms with van der Waals surface area (Å²) >= 11 is 0. The van der Waals surface area contributed by atoms with Gasteiger partial charge in [-0.1, -0.05) is 18.6 Å². The summed E-state index contributed by atoms with van der Waals surface area (Å²) in [6, 6.07) is 7.93. The number of ether oxygens (including phenoxy) is 1. The summed E-state index contributed by atoms with van der Waals surface area (Å²) in [7, 11) is 1.67. The van der Waals surface area contributed by atoms with Crippen LogP contribution in [0.3, 0.4) is 0 Å². The Balaban J connectivity index is 1.91. The lowest BCUT2D eigenvalue weighted by Crippen LogP contribution is -2.55. The lowest BCUT2D eigenvalue weighted by atomic mass is 9.52. The monoisotopic (exact) mass is 218 g/mol. The highest BCUT2D eigenvalue weighted by molar-refractivity contribution is 5.34. The summed E-state index contributed by atoms with van der Waals surface area (Å²) in [5.74, 6) is 1.83. The Morgan fingerprint density at radius 1 is 1.19 bits per heavy atom. The molecule has 2 fully saturated rings. The van der Waals surface area contributed by atoms with E-state index in [0.29, 0.717) is 11.8 Å². The molecule has 16 heavy (non-hydrogen) atoms. The second-order valence-electron chi connectivity index (χ2n) is 5.11. The van der Waals surface area contributed by atoms with E-state index in [4.69, 9.17) is 4.74 Å². The summed E-state index contributed by atoms with van der Waals surface area (Å²) in [5, 5.41) is 10.8. The minimum Gasteiger partial charge on any atom is -0.497 e. The van der Waals surface area contributed by atoms with E-state index in [-0.39, 0.29) is 0 Å². The van der Waals surface area contributed by atoms with E-state index >= 15 is 0 Å². The van der Waals surface area contributed by atoms with Crippen molar-refractivity contribution >= 4 is 0 Å². The first kappa shape index (κ1) is 10.2. The van der Waals surface area contributed by atoms with Gasteiger partial charge in [0.05, 0.1) is 12.7 Å². The number of rotatable bonds is 2. The number of hydrogen-bond acceptors (Lipinski definition) is 2. The Kier molecular flexibility index (Phi) is 2.21. The minimum atomic E-state index is -0.537.